The van der Waals surface area contributed by atoms with Crippen LogP contribution in [0.5, 0.6) is 5.75 Å². The Morgan fingerprint density at radius 2 is 2.21 bits per heavy atom. The number of nitrogens with zero attached hydrogens (tertiary/aromatic N) is 1. The van der Waals surface area contributed by atoms with Crippen molar-refractivity contribution in [3.63, 3.8) is 0 Å². The molecule has 1 atom stereocenters. The van der Waals surface area contributed by atoms with Gasteiger partial charge in [0.2, 0.25) is 0 Å². The topological polar surface area (TPSA) is 89.7 Å². The van der Waals surface area contributed by atoms with Crippen LogP contribution in [0.4, 0.5) is 5.69 Å². The van der Waals surface area contributed by atoms with Gasteiger partial charge in [-0.15, -0.1) is 0 Å². The number of carboxylic acids is 1. The maximum atomic E-state index is 11.0. The molecule has 0 aliphatic heterocycles. The Hall–Kier alpha value is -2.11. The number of nitro benzene ring substituents is 1. The second-order valence-corrected chi connectivity index (χ2v) is 4.27. The third kappa shape index (κ3) is 4.57. The molecule has 6 heteroatoms. The molecule has 0 saturated heterocycles. The number of aryl methyl sites for hydroxylation is 1. The molecule has 0 bridgehead atoms. The van der Waals surface area contributed by atoms with Crippen molar-refractivity contribution in [2.45, 2.75) is 39.2 Å². The molecule has 0 amide bonds. The van der Waals surface area contributed by atoms with Crippen LogP contribution in [0.3, 0.4) is 0 Å². The zero-order valence-electron chi connectivity index (χ0n) is 11.0. The number of carbonyl (C=O) groups is 1. The normalized spacial score (nSPS) is 11.9. The van der Waals surface area contributed by atoms with E-state index in [4.69, 9.17) is 9.84 Å². The quantitative estimate of drug-likeness (QED) is 0.606. The molecule has 0 saturated carbocycles. The van der Waals surface area contributed by atoms with Gasteiger partial charge in [0.25, 0.3) is 0 Å². The predicted molar refractivity (Wildman–Crippen MR) is 69.4 cm³/mol. The van der Waals surface area contributed by atoms with Gasteiger partial charge in [0.1, 0.15) is 0 Å². The molecule has 0 aromatic heterocycles. The number of nitro groups is 1. The summed E-state index contributed by atoms with van der Waals surface area (Å²) in [5, 5.41) is 19.5. The van der Waals surface area contributed by atoms with Crippen LogP contribution in [-0.4, -0.2) is 22.1 Å². The first-order valence-corrected chi connectivity index (χ1v) is 6.09. The first kappa shape index (κ1) is 14.9. The van der Waals surface area contributed by atoms with Crippen LogP contribution in [0.1, 0.15) is 32.3 Å². The number of carboxylic acid groups (broad SMARTS) is 1. The molecular formula is C13H17NO5. The van der Waals surface area contributed by atoms with Gasteiger partial charge in [0, 0.05) is 12.5 Å². The Bertz CT molecular complexity index is 472. The minimum atomic E-state index is -0.911. The summed E-state index contributed by atoms with van der Waals surface area (Å²) in [7, 11) is 0. The van der Waals surface area contributed by atoms with Crippen LogP contribution >= 0.6 is 0 Å². The van der Waals surface area contributed by atoms with E-state index in [0.717, 1.165) is 5.56 Å². The molecule has 6 nitrogen and oxygen atoms in total. The van der Waals surface area contributed by atoms with E-state index in [1.807, 2.05) is 6.92 Å². The van der Waals surface area contributed by atoms with Crippen molar-refractivity contribution in [3.8, 4) is 5.75 Å². The predicted octanol–water partition coefficient (Wildman–Crippen LogP) is 2.79. The molecule has 0 radical (unpaired) electrons. The molecule has 19 heavy (non-hydrogen) atoms. The molecular weight excluding hydrogens is 250 g/mol. The molecule has 1 aromatic rings. The molecule has 1 unspecified atom stereocenters. The van der Waals surface area contributed by atoms with Gasteiger partial charge in [-0.3, -0.25) is 14.9 Å². The van der Waals surface area contributed by atoms with Crippen molar-refractivity contribution in [2.24, 2.45) is 0 Å². The van der Waals surface area contributed by atoms with Crippen molar-refractivity contribution in [3.05, 3.63) is 33.9 Å². The minimum absolute atomic E-state index is 0.0258. The van der Waals surface area contributed by atoms with Crippen LogP contribution in [-0.2, 0) is 11.2 Å². The number of benzene rings is 1. The second-order valence-electron chi connectivity index (χ2n) is 4.27. The summed E-state index contributed by atoms with van der Waals surface area (Å²) in [6.07, 6.45) is 0.599. The summed E-state index contributed by atoms with van der Waals surface area (Å²) in [6.45, 7) is 3.61. The maximum Gasteiger partial charge on any atom is 0.311 e. The smallest absolute Gasteiger partial charge is 0.311 e. The fourth-order valence-corrected chi connectivity index (χ4v) is 1.63. The maximum absolute atomic E-state index is 11.0. The summed E-state index contributed by atoms with van der Waals surface area (Å²) < 4.78 is 5.45. The highest BCUT2D eigenvalue weighted by atomic mass is 16.6. The SMILES string of the molecule is CCc1ccc(OC(C)CCC(=O)O)c([N+](=O)[O-])c1. The Balaban J connectivity index is 2.82. The fourth-order valence-electron chi connectivity index (χ4n) is 1.63. The zero-order valence-corrected chi connectivity index (χ0v) is 11.0. The highest BCUT2D eigenvalue weighted by Gasteiger charge is 2.18. The van der Waals surface area contributed by atoms with E-state index >= 15 is 0 Å². The lowest BCUT2D eigenvalue weighted by molar-refractivity contribution is -0.386. The van der Waals surface area contributed by atoms with Crippen molar-refractivity contribution < 1.29 is 19.6 Å². The Morgan fingerprint density at radius 3 is 2.74 bits per heavy atom. The second kappa shape index (κ2) is 6.72. The van der Waals surface area contributed by atoms with Crippen molar-refractivity contribution in [1.29, 1.82) is 0 Å². The highest BCUT2D eigenvalue weighted by Crippen LogP contribution is 2.29. The summed E-state index contributed by atoms with van der Waals surface area (Å²) in [6, 6.07) is 4.82. The number of rotatable bonds is 7. The third-order valence-electron chi connectivity index (χ3n) is 2.72. The van der Waals surface area contributed by atoms with E-state index < -0.39 is 10.9 Å². The fraction of sp³-hybridized carbons (Fsp3) is 0.462. The lowest BCUT2D eigenvalue weighted by Gasteiger charge is -2.14. The third-order valence-corrected chi connectivity index (χ3v) is 2.72. The molecule has 0 fully saturated rings. The van der Waals surface area contributed by atoms with Gasteiger partial charge in [0.15, 0.2) is 5.75 Å². The van der Waals surface area contributed by atoms with E-state index in [0.29, 0.717) is 12.8 Å². The summed E-state index contributed by atoms with van der Waals surface area (Å²) in [4.78, 5) is 20.9. The molecule has 1 N–H and O–H groups in total. The van der Waals surface area contributed by atoms with Gasteiger partial charge in [-0.25, -0.2) is 0 Å². The monoisotopic (exact) mass is 267 g/mol. The van der Waals surface area contributed by atoms with Crippen molar-refractivity contribution in [1.82, 2.24) is 0 Å². The van der Waals surface area contributed by atoms with Gasteiger partial charge < -0.3 is 9.84 Å². The summed E-state index contributed by atoms with van der Waals surface area (Å²) in [5.41, 5.74) is 0.777. The lowest BCUT2D eigenvalue weighted by atomic mass is 10.1. The average Bonchev–Trinajstić information content (AvgIpc) is 2.36. The Labute approximate surface area is 111 Å². The van der Waals surface area contributed by atoms with Crippen LogP contribution in [0, 0.1) is 10.1 Å². The molecule has 0 aliphatic carbocycles. The van der Waals surface area contributed by atoms with Gasteiger partial charge in [-0.1, -0.05) is 13.0 Å². The minimum Gasteiger partial charge on any atom is -0.484 e. The van der Waals surface area contributed by atoms with Gasteiger partial charge in [-0.05, 0) is 31.4 Å². The first-order valence-electron chi connectivity index (χ1n) is 6.09. The number of ether oxygens (including phenoxy) is 1. The molecule has 0 heterocycles. The largest absolute Gasteiger partial charge is 0.484 e. The van der Waals surface area contributed by atoms with Crippen LogP contribution in [0.2, 0.25) is 0 Å². The lowest BCUT2D eigenvalue weighted by Crippen LogP contribution is -2.14. The van der Waals surface area contributed by atoms with Crippen molar-refractivity contribution in [2.75, 3.05) is 0 Å². The van der Waals surface area contributed by atoms with Crippen LogP contribution < -0.4 is 4.74 Å². The zero-order chi connectivity index (χ0) is 14.4. The first-order chi connectivity index (χ1) is 8.93. The van der Waals surface area contributed by atoms with E-state index in [-0.39, 0.29) is 24.0 Å². The number of hydrogen-bond donors (Lipinski definition) is 1. The summed E-state index contributed by atoms with van der Waals surface area (Å²) in [5.74, 6) is -0.730. The molecule has 1 aromatic carbocycles. The molecule has 0 spiro atoms. The van der Waals surface area contributed by atoms with Crippen LogP contribution in [0.15, 0.2) is 18.2 Å². The van der Waals surface area contributed by atoms with E-state index in [9.17, 15) is 14.9 Å². The van der Waals surface area contributed by atoms with Gasteiger partial charge >= 0.3 is 11.7 Å². The standard InChI is InChI=1S/C13H17NO5/c1-3-10-5-6-12(11(8-10)14(17)18)19-9(2)4-7-13(15)16/h5-6,8-9H,3-4,7H2,1-2H3,(H,15,16). The van der Waals surface area contributed by atoms with Crippen molar-refractivity contribution >= 4 is 11.7 Å². The highest BCUT2D eigenvalue weighted by molar-refractivity contribution is 5.66. The van der Waals surface area contributed by atoms with Crippen LogP contribution in [0.25, 0.3) is 0 Å². The van der Waals surface area contributed by atoms with E-state index in [2.05, 4.69) is 0 Å². The summed E-state index contributed by atoms with van der Waals surface area (Å²) >= 11 is 0. The molecule has 104 valence electrons. The molecule has 0 aliphatic rings. The van der Waals surface area contributed by atoms with E-state index in [1.165, 1.54) is 6.07 Å². The number of aliphatic carboxylic acids is 1. The van der Waals surface area contributed by atoms with Gasteiger partial charge in [0.05, 0.1) is 11.0 Å². The molecule has 1 rings (SSSR count). The van der Waals surface area contributed by atoms with Gasteiger partial charge in [-0.2, -0.15) is 0 Å². The Kier molecular flexibility index (Phi) is 5.29. The number of hydrogen-bond acceptors (Lipinski definition) is 4. The average molecular weight is 267 g/mol. The Morgan fingerprint density at radius 1 is 1.53 bits per heavy atom. The van der Waals surface area contributed by atoms with E-state index in [1.54, 1.807) is 19.1 Å².